The number of hydrogen-bond donors (Lipinski definition) is 3. The number of benzene rings is 2. The summed E-state index contributed by atoms with van der Waals surface area (Å²) < 4.78 is 5.93. The summed E-state index contributed by atoms with van der Waals surface area (Å²) in [5, 5.41) is 17.5. The molecule has 3 rings (SSSR count). The Morgan fingerprint density at radius 1 is 1.31 bits per heavy atom. The number of carbonyl (C=O) groups excluding carboxylic acids is 2. The van der Waals surface area contributed by atoms with Crippen LogP contribution in [0.1, 0.15) is 18.9 Å². The first-order valence-electron chi connectivity index (χ1n) is 9.13. The summed E-state index contributed by atoms with van der Waals surface area (Å²) in [5.74, 6) is -0.710. The number of nitrogens with one attached hydrogen (secondary N) is 2. The molecule has 154 valence electrons. The van der Waals surface area contributed by atoms with E-state index in [9.17, 15) is 14.7 Å². The fourth-order valence-corrected chi connectivity index (χ4v) is 3.60. The summed E-state index contributed by atoms with van der Waals surface area (Å²) >= 11 is 9.32. The molecule has 1 heterocycles. The van der Waals surface area contributed by atoms with Crippen LogP contribution in [0.5, 0.6) is 0 Å². The van der Waals surface area contributed by atoms with E-state index in [0.717, 1.165) is 4.90 Å². The molecule has 0 saturated carbocycles. The van der Waals surface area contributed by atoms with Crippen LogP contribution in [-0.4, -0.2) is 36.8 Å². The van der Waals surface area contributed by atoms with Crippen molar-refractivity contribution in [3.63, 3.8) is 0 Å². The molecule has 29 heavy (non-hydrogen) atoms. The minimum absolute atomic E-state index is 0.253. The third kappa shape index (κ3) is 4.40. The number of fused-ring (bicyclic) bond motifs is 1. The van der Waals surface area contributed by atoms with Gasteiger partial charge in [-0.1, -0.05) is 27.5 Å². The van der Waals surface area contributed by atoms with E-state index in [0.29, 0.717) is 47.0 Å². The van der Waals surface area contributed by atoms with E-state index < -0.39 is 17.7 Å². The van der Waals surface area contributed by atoms with Crippen LogP contribution in [0.15, 0.2) is 46.9 Å². The monoisotopic (exact) mass is 481 g/mol. The standard InChI is InChI=1S/C20H21BrClN3O4/c1-2-29-11-3-10-23-18(26)20(28)16-12-13(21)4-9-17(16)24-19(27)25(20)15-7-5-14(22)6-8-15/h4-9,12,28H,2-3,10-11H2,1H3,(H,23,26)(H,24,27)/t20-/m0/s1. The Balaban J connectivity index is 2.00. The highest BCUT2D eigenvalue weighted by molar-refractivity contribution is 9.10. The van der Waals surface area contributed by atoms with Gasteiger partial charge in [0.05, 0.1) is 5.69 Å². The Morgan fingerprint density at radius 2 is 2.03 bits per heavy atom. The van der Waals surface area contributed by atoms with Gasteiger partial charge in [-0.25, -0.2) is 4.79 Å². The molecule has 0 fully saturated rings. The number of rotatable bonds is 7. The van der Waals surface area contributed by atoms with Gasteiger partial charge in [-0.05, 0) is 55.8 Å². The van der Waals surface area contributed by atoms with Crippen molar-refractivity contribution < 1.29 is 19.4 Å². The third-order valence-electron chi connectivity index (χ3n) is 4.48. The van der Waals surface area contributed by atoms with Gasteiger partial charge in [-0.15, -0.1) is 0 Å². The first kappa shape index (κ1) is 21.6. The molecule has 1 atom stereocenters. The van der Waals surface area contributed by atoms with Gasteiger partial charge in [0.2, 0.25) is 0 Å². The molecule has 0 aliphatic carbocycles. The van der Waals surface area contributed by atoms with Crippen LogP contribution in [-0.2, 0) is 15.3 Å². The second-order valence-corrected chi connectivity index (χ2v) is 7.76. The average Bonchev–Trinajstić information content (AvgIpc) is 2.70. The van der Waals surface area contributed by atoms with Crippen LogP contribution in [0, 0.1) is 0 Å². The van der Waals surface area contributed by atoms with Gasteiger partial charge in [0.15, 0.2) is 0 Å². The highest BCUT2D eigenvalue weighted by atomic mass is 79.9. The fourth-order valence-electron chi connectivity index (χ4n) is 3.11. The SMILES string of the molecule is CCOCCCNC(=O)[C@@]1(O)c2cc(Br)ccc2NC(=O)N1c1ccc(Cl)cc1. The maximum Gasteiger partial charge on any atom is 0.329 e. The van der Waals surface area contributed by atoms with E-state index >= 15 is 0 Å². The zero-order valence-corrected chi connectivity index (χ0v) is 18.1. The molecule has 2 aromatic carbocycles. The Bertz CT molecular complexity index is 909. The normalized spacial score (nSPS) is 18.2. The lowest BCUT2D eigenvalue weighted by Crippen LogP contribution is -2.62. The molecule has 3 N–H and O–H groups in total. The summed E-state index contributed by atoms with van der Waals surface area (Å²) in [6, 6.07) is 10.6. The average molecular weight is 483 g/mol. The smallest absolute Gasteiger partial charge is 0.329 e. The Kier molecular flexibility index (Phi) is 6.79. The summed E-state index contributed by atoms with van der Waals surface area (Å²) in [6.07, 6.45) is 0.578. The first-order chi connectivity index (χ1) is 13.9. The number of carbonyl (C=O) groups is 2. The van der Waals surface area contributed by atoms with Crippen LogP contribution >= 0.6 is 27.5 Å². The zero-order valence-electron chi connectivity index (χ0n) is 15.7. The van der Waals surface area contributed by atoms with Gasteiger partial charge in [0, 0.05) is 40.5 Å². The zero-order chi connectivity index (χ0) is 21.0. The van der Waals surface area contributed by atoms with Crippen molar-refractivity contribution in [3.8, 4) is 0 Å². The number of anilines is 2. The Labute approximate surface area is 182 Å². The molecular formula is C20H21BrClN3O4. The summed E-state index contributed by atoms with van der Waals surface area (Å²) in [5.41, 5.74) is -1.32. The van der Waals surface area contributed by atoms with E-state index in [4.69, 9.17) is 16.3 Å². The van der Waals surface area contributed by atoms with Crippen molar-refractivity contribution in [1.29, 1.82) is 0 Å². The lowest BCUT2D eigenvalue weighted by molar-refractivity contribution is -0.140. The topological polar surface area (TPSA) is 90.9 Å². The highest BCUT2D eigenvalue weighted by Crippen LogP contribution is 2.41. The van der Waals surface area contributed by atoms with E-state index in [-0.39, 0.29) is 5.56 Å². The van der Waals surface area contributed by atoms with Crippen LogP contribution in [0.2, 0.25) is 5.02 Å². The van der Waals surface area contributed by atoms with Crippen LogP contribution in [0.3, 0.4) is 0 Å². The second kappa shape index (κ2) is 9.13. The lowest BCUT2D eigenvalue weighted by atomic mass is 9.94. The highest BCUT2D eigenvalue weighted by Gasteiger charge is 2.52. The number of urea groups is 1. The van der Waals surface area contributed by atoms with Crippen molar-refractivity contribution in [2.24, 2.45) is 0 Å². The van der Waals surface area contributed by atoms with Gasteiger partial charge >= 0.3 is 6.03 Å². The predicted molar refractivity (Wildman–Crippen MR) is 115 cm³/mol. The molecule has 0 aromatic heterocycles. The van der Waals surface area contributed by atoms with Crippen molar-refractivity contribution in [1.82, 2.24) is 5.32 Å². The minimum atomic E-state index is -2.25. The largest absolute Gasteiger partial charge is 0.382 e. The molecule has 3 amide bonds. The van der Waals surface area contributed by atoms with Gasteiger partial charge < -0.3 is 20.5 Å². The van der Waals surface area contributed by atoms with Gasteiger partial charge in [0.1, 0.15) is 0 Å². The van der Waals surface area contributed by atoms with E-state index in [1.807, 2.05) is 6.92 Å². The second-order valence-electron chi connectivity index (χ2n) is 6.41. The fraction of sp³-hybridized carbons (Fsp3) is 0.300. The van der Waals surface area contributed by atoms with Crippen LogP contribution in [0.4, 0.5) is 16.2 Å². The van der Waals surface area contributed by atoms with Crippen molar-refractivity contribution in [2.45, 2.75) is 19.1 Å². The van der Waals surface area contributed by atoms with Crippen molar-refractivity contribution in [3.05, 3.63) is 57.5 Å². The Morgan fingerprint density at radius 3 is 2.72 bits per heavy atom. The van der Waals surface area contributed by atoms with E-state index in [2.05, 4.69) is 26.6 Å². The molecule has 0 saturated heterocycles. The number of halogens is 2. The molecule has 0 spiro atoms. The quantitative estimate of drug-likeness (QED) is 0.523. The van der Waals surface area contributed by atoms with Crippen LogP contribution < -0.4 is 15.5 Å². The maximum atomic E-state index is 13.2. The van der Waals surface area contributed by atoms with Crippen molar-refractivity contribution in [2.75, 3.05) is 30.0 Å². The summed E-state index contributed by atoms with van der Waals surface area (Å²) in [7, 11) is 0. The molecule has 9 heteroatoms. The van der Waals surface area contributed by atoms with Crippen molar-refractivity contribution >= 4 is 50.8 Å². The van der Waals surface area contributed by atoms with Gasteiger partial charge in [-0.2, -0.15) is 0 Å². The third-order valence-corrected chi connectivity index (χ3v) is 5.23. The molecule has 1 aliphatic rings. The molecule has 7 nitrogen and oxygen atoms in total. The minimum Gasteiger partial charge on any atom is -0.382 e. The van der Waals surface area contributed by atoms with Gasteiger partial charge in [0.25, 0.3) is 11.6 Å². The molecule has 1 aliphatic heterocycles. The molecule has 0 radical (unpaired) electrons. The Hall–Kier alpha value is -2.13. The van der Waals surface area contributed by atoms with E-state index in [1.165, 1.54) is 0 Å². The number of amides is 3. The maximum absolute atomic E-state index is 13.2. The lowest BCUT2D eigenvalue weighted by Gasteiger charge is -2.42. The molecule has 2 aromatic rings. The summed E-state index contributed by atoms with van der Waals surface area (Å²) in [4.78, 5) is 27.1. The molecular weight excluding hydrogens is 462 g/mol. The first-order valence-corrected chi connectivity index (χ1v) is 10.3. The van der Waals surface area contributed by atoms with E-state index in [1.54, 1.807) is 42.5 Å². The number of hydrogen-bond acceptors (Lipinski definition) is 4. The van der Waals surface area contributed by atoms with Gasteiger partial charge in [-0.3, -0.25) is 9.69 Å². The predicted octanol–water partition coefficient (Wildman–Crippen LogP) is 3.84. The van der Waals surface area contributed by atoms with Crippen LogP contribution in [0.25, 0.3) is 0 Å². The molecule has 0 bridgehead atoms. The summed E-state index contributed by atoms with van der Waals surface area (Å²) in [6.45, 7) is 3.25. The number of aliphatic hydroxyl groups is 1. The number of ether oxygens (including phenoxy) is 1. The molecule has 0 unspecified atom stereocenters. The number of nitrogens with zero attached hydrogens (tertiary/aromatic N) is 1.